The van der Waals surface area contributed by atoms with Crippen molar-refractivity contribution in [3.05, 3.63) is 41.9 Å². The second-order valence-corrected chi connectivity index (χ2v) is 7.51. The molecule has 29 heavy (non-hydrogen) atoms. The average Bonchev–Trinajstić information content (AvgIpc) is 3.35. The van der Waals surface area contributed by atoms with Crippen LogP contribution in [0.4, 0.5) is 0 Å². The van der Waals surface area contributed by atoms with Gasteiger partial charge in [0.1, 0.15) is 6.54 Å². The van der Waals surface area contributed by atoms with Crippen LogP contribution in [0.3, 0.4) is 0 Å². The Hall–Kier alpha value is -2.71. The fourth-order valence-electron chi connectivity index (χ4n) is 3.81. The predicted octanol–water partition coefficient (Wildman–Crippen LogP) is 1.68. The molecule has 8 nitrogen and oxygen atoms in total. The Morgan fingerprint density at radius 1 is 1.21 bits per heavy atom. The molecule has 0 aliphatic carbocycles. The molecular formula is C21H28N6O2. The van der Waals surface area contributed by atoms with E-state index >= 15 is 0 Å². The van der Waals surface area contributed by atoms with Gasteiger partial charge in [-0.15, -0.1) is 0 Å². The molecule has 1 saturated heterocycles. The Kier molecular flexibility index (Phi) is 5.92. The lowest BCUT2D eigenvalue weighted by atomic mass is 10.2. The number of fused-ring (bicyclic) bond motifs is 1. The minimum absolute atomic E-state index is 0.0450. The Bertz CT molecular complexity index is 973. The first-order valence-electron chi connectivity index (χ1n) is 10.2. The highest BCUT2D eigenvalue weighted by molar-refractivity contribution is 5.88. The second kappa shape index (κ2) is 8.75. The highest BCUT2D eigenvalue weighted by atomic mass is 16.5. The lowest BCUT2D eigenvalue weighted by molar-refractivity contribution is -0.121. The van der Waals surface area contributed by atoms with Crippen LogP contribution in [-0.4, -0.2) is 69.5 Å². The largest absolute Gasteiger partial charge is 0.379 e. The number of rotatable bonds is 7. The van der Waals surface area contributed by atoms with Crippen molar-refractivity contribution in [3.8, 4) is 5.82 Å². The SMILES string of the molecule is Cc1cc(C)c2c(-n3cccc3)nn(CC(=O)NCCCN3CCOCC3)c2n1. The van der Waals surface area contributed by atoms with E-state index in [1.165, 1.54) is 0 Å². The average molecular weight is 396 g/mol. The van der Waals surface area contributed by atoms with Gasteiger partial charge in [-0.3, -0.25) is 9.69 Å². The normalized spacial score (nSPS) is 15.1. The van der Waals surface area contributed by atoms with Crippen molar-refractivity contribution in [1.82, 2.24) is 29.5 Å². The minimum atomic E-state index is -0.0450. The monoisotopic (exact) mass is 396 g/mol. The molecule has 8 heteroatoms. The Balaban J connectivity index is 1.44. The summed E-state index contributed by atoms with van der Waals surface area (Å²) in [5.74, 6) is 0.756. The third kappa shape index (κ3) is 4.49. The van der Waals surface area contributed by atoms with E-state index in [1.807, 2.05) is 42.1 Å². The minimum Gasteiger partial charge on any atom is -0.379 e. The summed E-state index contributed by atoms with van der Waals surface area (Å²) in [6, 6.07) is 5.97. The van der Waals surface area contributed by atoms with Crippen LogP contribution >= 0.6 is 0 Å². The lowest BCUT2D eigenvalue weighted by Crippen LogP contribution is -2.38. The van der Waals surface area contributed by atoms with Crippen LogP contribution in [0.1, 0.15) is 17.7 Å². The summed E-state index contributed by atoms with van der Waals surface area (Å²) in [6.45, 7) is 9.36. The molecular weight excluding hydrogens is 368 g/mol. The Morgan fingerprint density at radius 2 is 1.97 bits per heavy atom. The van der Waals surface area contributed by atoms with E-state index in [9.17, 15) is 4.79 Å². The third-order valence-electron chi connectivity index (χ3n) is 5.23. The van der Waals surface area contributed by atoms with Gasteiger partial charge < -0.3 is 14.6 Å². The van der Waals surface area contributed by atoms with Gasteiger partial charge in [0.2, 0.25) is 5.91 Å². The number of nitrogens with zero attached hydrogens (tertiary/aromatic N) is 5. The van der Waals surface area contributed by atoms with Gasteiger partial charge in [0.25, 0.3) is 0 Å². The number of carbonyl (C=O) groups excluding carboxylic acids is 1. The van der Waals surface area contributed by atoms with Crippen LogP contribution in [0.15, 0.2) is 30.6 Å². The molecule has 0 radical (unpaired) electrons. The molecule has 3 aromatic heterocycles. The van der Waals surface area contributed by atoms with Crippen LogP contribution < -0.4 is 5.32 Å². The summed E-state index contributed by atoms with van der Waals surface area (Å²) in [7, 11) is 0. The Morgan fingerprint density at radius 3 is 2.72 bits per heavy atom. The first kappa shape index (κ1) is 19.6. The van der Waals surface area contributed by atoms with E-state index in [2.05, 4.69) is 22.1 Å². The van der Waals surface area contributed by atoms with Gasteiger partial charge in [-0.2, -0.15) is 5.10 Å². The fraction of sp³-hybridized carbons (Fsp3) is 0.476. The highest BCUT2D eigenvalue weighted by Crippen LogP contribution is 2.25. The summed E-state index contributed by atoms with van der Waals surface area (Å²) in [5.41, 5.74) is 2.77. The van der Waals surface area contributed by atoms with E-state index in [1.54, 1.807) is 4.68 Å². The predicted molar refractivity (Wildman–Crippen MR) is 111 cm³/mol. The number of aromatic nitrogens is 4. The van der Waals surface area contributed by atoms with Crippen LogP contribution in [0.2, 0.25) is 0 Å². The van der Waals surface area contributed by atoms with Crippen molar-refractivity contribution in [2.75, 3.05) is 39.4 Å². The zero-order valence-corrected chi connectivity index (χ0v) is 17.1. The van der Waals surface area contributed by atoms with Crippen LogP contribution in [0.5, 0.6) is 0 Å². The number of morpholine rings is 1. The summed E-state index contributed by atoms with van der Waals surface area (Å²) < 4.78 is 9.03. The summed E-state index contributed by atoms with van der Waals surface area (Å²) >= 11 is 0. The van der Waals surface area contributed by atoms with Crippen molar-refractivity contribution >= 4 is 16.9 Å². The topological polar surface area (TPSA) is 77.2 Å². The summed E-state index contributed by atoms with van der Waals surface area (Å²) in [5, 5.41) is 8.70. The van der Waals surface area contributed by atoms with Gasteiger partial charge in [-0.05, 0) is 50.6 Å². The van der Waals surface area contributed by atoms with Crippen molar-refractivity contribution < 1.29 is 9.53 Å². The van der Waals surface area contributed by atoms with Gasteiger partial charge in [0, 0.05) is 37.7 Å². The number of carbonyl (C=O) groups is 1. The summed E-state index contributed by atoms with van der Waals surface area (Å²) in [6.07, 6.45) is 4.84. The Labute approximate surface area is 170 Å². The third-order valence-corrected chi connectivity index (χ3v) is 5.23. The number of aryl methyl sites for hydroxylation is 2. The number of ether oxygens (including phenoxy) is 1. The number of hydrogen-bond acceptors (Lipinski definition) is 5. The van der Waals surface area contributed by atoms with Gasteiger partial charge in [-0.1, -0.05) is 0 Å². The van der Waals surface area contributed by atoms with Crippen molar-refractivity contribution in [1.29, 1.82) is 0 Å². The number of hydrogen-bond donors (Lipinski definition) is 1. The zero-order valence-electron chi connectivity index (χ0n) is 17.1. The van der Waals surface area contributed by atoms with Gasteiger partial charge in [0.15, 0.2) is 11.5 Å². The molecule has 4 heterocycles. The van der Waals surface area contributed by atoms with Crippen LogP contribution in [-0.2, 0) is 16.1 Å². The molecule has 1 fully saturated rings. The van der Waals surface area contributed by atoms with E-state index in [0.29, 0.717) is 6.54 Å². The smallest absolute Gasteiger partial charge is 0.241 e. The first-order valence-corrected chi connectivity index (χ1v) is 10.2. The van der Waals surface area contributed by atoms with E-state index < -0.39 is 0 Å². The quantitative estimate of drug-likeness (QED) is 0.615. The van der Waals surface area contributed by atoms with E-state index in [0.717, 1.165) is 67.4 Å². The van der Waals surface area contributed by atoms with Crippen molar-refractivity contribution in [3.63, 3.8) is 0 Å². The van der Waals surface area contributed by atoms with Crippen molar-refractivity contribution in [2.24, 2.45) is 0 Å². The van der Waals surface area contributed by atoms with E-state index in [-0.39, 0.29) is 12.5 Å². The molecule has 3 aromatic rings. The molecule has 154 valence electrons. The van der Waals surface area contributed by atoms with Crippen LogP contribution in [0.25, 0.3) is 16.9 Å². The molecule has 4 rings (SSSR count). The fourth-order valence-corrected chi connectivity index (χ4v) is 3.81. The maximum atomic E-state index is 12.5. The zero-order chi connectivity index (χ0) is 20.2. The van der Waals surface area contributed by atoms with Gasteiger partial charge in [0.05, 0.1) is 18.6 Å². The van der Waals surface area contributed by atoms with Crippen LogP contribution in [0, 0.1) is 13.8 Å². The number of pyridine rings is 1. The molecule has 0 aromatic carbocycles. The van der Waals surface area contributed by atoms with Gasteiger partial charge in [-0.25, -0.2) is 9.67 Å². The molecule has 0 unspecified atom stereocenters. The van der Waals surface area contributed by atoms with Gasteiger partial charge >= 0.3 is 0 Å². The molecule has 0 spiro atoms. The molecule has 1 aliphatic rings. The molecule has 0 atom stereocenters. The summed E-state index contributed by atoms with van der Waals surface area (Å²) in [4.78, 5) is 19.6. The van der Waals surface area contributed by atoms with Crippen molar-refractivity contribution in [2.45, 2.75) is 26.8 Å². The highest BCUT2D eigenvalue weighted by Gasteiger charge is 2.18. The first-order chi connectivity index (χ1) is 14.1. The molecule has 1 aliphatic heterocycles. The maximum absolute atomic E-state index is 12.5. The molecule has 1 amide bonds. The second-order valence-electron chi connectivity index (χ2n) is 7.51. The van der Waals surface area contributed by atoms with E-state index in [4.69, 9.17) is 9.84 Å². The maximum Gasteiger partial charge on any atom is 0.241 e. The number of amides is 1. The molecule has 1 N–H and O–H groups in total. The molecule has 0 saturated carbocycles. The standard InChI is InChI=1S/C21H28N6O2/c1-16-14-17(2)23-20-19(16)21(26-8-3-4-9-26)24-27(20)15-18(28)22-6-5-7-25-10-12-29-13-11-25/h3-4,8-9,14H,5-7,10-13,15H2,1-2H3,(H,22,28). The number of nitrogens with one attached hydrogen (secondary N) is 1. The molecule has 0 bridgehead atoms. The lowest BCUT2D eigenvalue weighted by Gasteiger charge is -2.26.